The molecule has 32 heavy (non-hydrogen) atoms. The fourth-order valence-electron chi connectivity index (χ4n) is 5.13. The van der Waals surface area contributed by atoms with Gasteiger partial charge in [0.2, 0.25) is 17.7 Å². The molecule has 0 radical (unpaired) electrons. The number of fused-ring (bicyclic) bond motifs is 1. The Hall–Kier alpha value is -2.67. The number of hydrogen-bond donors (Lipinski definition) is 1. The minimum Gasteiger partial charge on any atom is -0.419 e. The summed E-state index contributed by atoms with van der Waals surface area (Å²) in [6.07, 6.45) is 12.9. The van der Waals surface area contributed by atoms with Crippen LogP contribution in [0.3, 0.4) is 0 Å². The summed E-state index contributed by atoms with van der Waals surface area (Å²) in [6, 6.07) is 8.41. The van der Waals surface area contributed by atoms with E-state index in [4.69, 9.17) is 4.42 Å². The summed E-state index contributed by atoms with van der Waals surface area (Å²) < 4.78 is 8.06. The van der Waals surface area contributed by atoms with E-state index >= 15 is 0 Å². The van der Waals surface area contributed by atoms with Gasteiger partial charge in [-0.15, -0.1) is 10.2 Å². The summed E-state index contributed by atoms with van der Waals surface area (Å²) in [5.74, 6) is 1.25. The topological polar surface area (TPSA) is 76.2 Å². The van der Waals surface area contributed by atoms with E-state index in [0.717, 1.165) is 42.4 Å². The zero-order valence-corrected chi connectivity index (χ0v) is 18.8. The molecule has 0 spiro atoms. The Kier molecular flexibility index (Phi) is 6.53. The third kappa shape index (κ3) is 4.88. The number of para-hydroxylation sites is 1. The Bertz CT molecular complexity index is 1040. The quantitative estimate of drug-likeness (QED) is 0.576. The smallest absolute Gasteiger partial charge is 0.249 e. The highest BCUT2D eigenvalue weighted by Gasteiger charge is 2.20. The molecule has 0 bridgehead atoms. The van der Waals surface area contributed by atoms with Crippen LogP contribution in [0.2, 0.25) is 0 Å². The van der Waals surface area contributed by atoms with Crippen LogP contribution in [0, 0.1) is 0 Å². The van der Waals surface area contributed by atoms with Crippen LogP contribution >= 0.6 is 0 Å². The fraction of sp³-hybridized carbons (Fsp3) is 0.560. The highest BCUT2D eigenvalue weighted by molar-refractivity contribution is 5.94. The van der Waals surface area contributed by atoms with Gasteiger partial charge in [0.25, 0.3) is 0 Å². The molecule has 1 aliphatic heterocycles. The van der Waals surface area contributed by atoms with Gasteiger partial charge in [-0.05, 0) is 44.8 Å². The van der Waals surface area contributed by atoms with Gasteiger partial charge < -0.3 is 14.3 Å². The first kappa shape index (κ1) is 21.2. The maximum absolute atomic E-state index is 12.8. The van der Waals surface area contributed by atoms with Crippen LogP contribution in [0.4, 0.5) is 0 Å². The molecule has 1 aromatic carbocycles. The first-order valence-electron chi connectivity index (χ1n) is 12.2. The van der Waals surface area contributed by atoms with E-state index in [0.29, 0.717) is 30.9 Å². The molecule has 5 rings (SSSR count). The summed E-state index contributed by atoms with van der Waals surface area (Å²) in [5.41, 5.74) is 1.90. The van der Waals surface area contributed by atoms with Gasteiger partial charge in [-0.2, -0.15) is 0 Å². The zero-order valence-electron chi connectivity index (χ0n) is 18.8. The second-order valence-corrected chi connectivity index (χ2v) is 9.28. The molecule has 0 unspecified atom stereocenters. The first-order chi connectivity index (χ1) is 15.8. The van der Waals surface area contributed by atoms with Crippen molar-refractivity contribution in [3.63, 3.8) is 0 Å². The molecule has 170 valence electrons. The van der Waals surface area contributed by atoms with E-state index in [1.807, 2.05) is 29.0 Å². The summed E-state index contributed by atoms with van der Waals surface area (Å²) in [6.45, 7) is 3.18. The average Bonchev–Trinajstić information content (AvgIpc) is 3.31. The molecule has 0 atom stereocenters. The maximum Gasteiger partial charge on any atom is 0.249 e. The van der Waals surface area contributed by atoms with Crippen molar-refractivity contribution in [1.82, 2.24) is 25.0 Å². The van der Waals surface area contributed by atoms with Gasteiger partial charge in [0.15, 0.2) is 0 Å². The number of nitrogens with zero attached hydrogens (tertiary/aromatic N) is 4. The number of likely N-dealkylation sites (tertiary alicyclic amines) is 1. The van der Waals surface area contributed by atoms with Gasteiger partial charge in [0.05, 0.1) is 12.1 Å². The van der Waals surface area contributed by atoms with Crippen molar-refractivity contribution in [2.75, 3.05) is 13.1 Å². The van der Waals surface area contributed by atoms with E-state index < -0.39 is 0 Å². The van der Waals surface area contributed by atoms with Gasteiger partial charge in [-0.1, -0.05) is 50.3 Å². The van der Waals surface area contributed by atoms with Crippen molar-refractivity contribution in [2.24, 2.45) is 0 Å². The Balaban J connectivity index is 1.33. The summed E-state index contributed by atoms with van der Waals surface area (Å²) in [5, 5.41) is 12.9. The standard InChI is InChI=1S/C25H33N5O2/c31-23(26-19-10-4-1-2-5-11-19)17-30-16-21(20-12-6-7-13-22(20)30)25-28-27-24(32-25)18-29-14-8-3-9-15-29/h6-7,12-13,16,19H,1-5,8-11,14-15,17-18H2,(H,26,31). The number of hydrogen-bond acceptors (Lipinski definition) is 5. The summed E-state index contributed by atoms with van der Waals surface area (Å²) in [4.78, 5) is 15.2. The lowest BCUT2D eigenvalue weighted by atomic mass is 10.1. The number of nitrogens with one attached hydrogen (secondary N) is 1. The third-order valence-electron chi connectivity index (χ3n) is 6.83. The molecule has 3 aromatic rings. The van der Waals surface area contributed by atoms with E-state index in [2.05, 4.69) is 26.5 Å². The van der Waals surface area contributed by atoms with Crippen LogP contribution < -0.4 is 5.32 Å². The largest absolute Gasteiger partial charge is 0.419 e. The van der Waals surface area contributed by atoms with Gasteiger partial charge in [-0.3, -0.25) is 9.69 Å². The third-order valence-corrected chi connectivity index (χ3v) is 6.83. The molecule has 1 aliphatic carbocycles. The number of carbonyl (C=O) groups excluding carboxylic acids is 1. The molecule has 2 aromatic heterocycles. The molecular formula is C25H33N5O2. The Morgan fingerprint density at radius 1 is 1.00 bits per heavy atom. The highest BCUT2D eigenvalue weighted by Crippen LogP contribution is 2.30. The van der Waals surface area contributed by atoms with Gasteiger partial charge in [0.1, 0.15) is 6.54 Å². The minimum absolute atomic E-state index is 0.0699. The lowest BCUT2D eigenvalue weighted by Crippen LogP contribution is -2.36. The van der Waals surface area contributed by atoms with E-state index in [9.17, 15) is 4.79 Å². The van der Waals surface area contributed by atoms with Crippen LogP contribution in [0.15, 0.2) is 34.9 Å². The molecule has 1 N–H and O–H groups in total. The number of piperidine rings is 1. The summed E-state index contributed by atoms with van der Waals surface area (Å²) in [7, 11) is 0. The number of benzene rings is 1. The van der Waals surface area contributed by atoms with Crippen molar-refractivity contribution >= 4 is 16.8 Å². The number of aromatic nitrogens is 3. The van der Waals surface area contributed by atoms with Crippen molar-refractivity contribution in [2.45, 2.75) is 76.9 Å². The average molecular weight is 436 g/mol. The van der Waals surface area contributed by atoms with E-state index in [1.54, 1.807) is 0 Å². The van der Waals surface area contributed by atoms with E-state index in [1.165, 1.54) is 44.9 Å². The first-order valence-corrected chi connectivity index (χ1v) is 12.2. The monoisotopic (exact) mass is 435 g/mol. The highest BCUT2D eigenvalue weighted by atomic mass is 16.4. The zero-order chi connectivity index (χ0) is 21.8. The Morgan fingerprint density at radius 2 is 1.75 bits per heavy atom. The number of amides is 1. The molecular weight excluding hydrogens is 402 g/mol. The van der Waals surface area contributed by atoms with Crippen molar-refractivity contribution in [3.8, 4) is 11.5 Å². The summed E-state index contributed by atoms with van der Waals surface area (Å²) >= 11 is 0. The molecule has 1 saturated heterocycles. The van der Waals surface area contributed by atoms with Gasteiger partial charge in [0, 0.05) is 23.1 Å². The van der Waals surface area contributed by atoms with Gasteiger partial charge in [-0.25, -0.2) is 0 Å². The lowest BCUT2D eigenvalue weighted by molar-refractivity contribution is -0.122. The minimum atomic E-state index is 0.0699. The Labute approximate surface area is 189 Å². The lowest BCUT2D eigenvalue weighted by Gasteiger charge is -2.24. The van der Waals surface area contributed by atoms with Crippen LogP contribution in [0.25, 0.3) is 22.4 Å². The molecule has 7 nitrogen and oxygen atoms in total. The fourth-order valence-corrected chi connectivity index (χ4v) is 5.13. The molecule has 2 fully saturated rings. The van der Waals surface area contributed by atoms with Crippen LogP contribution in [-0.2, 0) is 17.9 Å². The number of carbonyl (C=O) groups is 1. The van der Waals surface area contributed by atoms with Crippen molar-refractivity contribution < 1.29 is 9.21 Å². The van der Waals surface area contributed by atoms with Crippen LogP contribution in [-0.4, -0.2) is 44.7 Å². The Morgan fingerprint density at radius 3 is 2.56 bits per heavy atom. The maximum atomic E-state index is 12.8. The molecule has 2 aliphatic rings. The predicted molar refractivity (Wildman–Crippen MR) is 124 cm³/mol. The predicted octanol–water partition coefficient (Wildman–Crippen LogP) is 4.52. The normalized spacial score (nSPS) is 18.6. The van der Waals surface area contributed by atoms with Gasteiger partial charge >= 0.3 is 0 Å². The van der Waals surface area contributed by atoms with Crippen LogP contribution in [0.1, 0.15) is 63.7 Å². The van der Waals surface area contributed by atoms with Crippen molar-refractivity contribution in [3.05, 3.63) is 36.4 Å². The SMILES string of the molecule is O=C(Cn1cc(-c2nnc(CN3CCCCC3)o2)c2ccccc21)NC1CCCCCC1. The van der Waals surface area contributed by atoms with Crippen LogP contribution in [0.5, 0.6) is 0 Å². The molecule has 1 saturated carbocycles. The van der Waals surface area contributed by atoms with Crippen molar-refractivity contribution in [1.29, 1.82) is 0 Å². The molecule has 3 heterocycles. The van der Waals surface area contributed by atoms with E-state index in [-0.39, 0.29) is 5.91 Å². The molecule has 7 heteroatoms. The second-order valence-electron chi connectivity index (χ2n) is 9.28. The second kappa shape index (κ2) is 9.86. The molecule has 1 amide bonds. The number of rotatable bonds is 6.